The third kappa shape index (κ3) is 3.02. The highest BCUT2D eigenvalue weighted by Gasteiger charge is 2.12. The number of oxazole rings is 1. The minimum Gasteiger partial charge on any atom is -0.481 e. The maximum atomic E-state index is 10.5. The molecule has 0 fully saturated rings. The number of aryl methyl sites for hydroxylation is 4. The average Bonchev–Trinajstić information content (AvgIpc) is 2.73. The minimum absolute atomic E-state index is 0.0335. The van der Waals surface area contributed by atoms with E-state index in [2.05, 4.69) is 24.0 Å². The van der Waals surface area contributed by atoms with E-state index in [1.54, 1.807) is 6.20 Å². The zero-order valence-electron chi connectivity index (χ0n) is 11.4. The Labute approximate surface area is 112 Å². The van der Waals surface area contributed by atoms with E-state index in [4.69, 9.17) is 9.52 Å². The highest BCUT2D eigenvalue weighted by atomic mass is 16.4. The van der Waals surface area contributed by atoms with Crippen molar-refractivity contribution in [3.05, 3.63) is 40.9 Å². The van der Waals surface area contributed by atoms with Crippen molar-refractivity contribution in [3.8, 4) is 11.3 Å². The summed E-state index contributed by atoms with van der Waals surface area (Å²) < 4.78 is 5.65. The maximum absolute atomic E-state index is 10.5. The molecule has 0 spiro atoms. The normalized spacial score (nSPS) is 10.7. The summed E-state index contributed by atoms with van der Waals surface area (Å²) in [5, 5.41) is 8.65. The van der Waals surface area contributed by atoms with E-state index < -0.39 is 5.97 Å². The molecular formula is C15H17NO3. The van der Waals surface area contributed by atoms with E-state index >= 15 is 0 Å². The summed E-state index contributed by atoms with van der Waals surface area (Å²) in [6.45, 7) is 6.13. The Morgan fingerprint density at radius 3 is 2.47 bits per heavy atom. The number of hydrogen-bond acceptors (Lipinski definition) is 3. The fourth-order valence-corrected chi connectivity index (χ4v) is 2.32. The lowest BCUT2D eigenvalue weighted by atomic mass is 9.98. The molecule has 4 heteroatoms. The van der Waals surface area contributed by atoms with Gasteiger partial charge in [0, 0.05) is 12.0 Å². The van der Waals surface area contributed by atoms with Crippen molar-refractivity contribution in [2.75, 3.05) is 0 Å². The average molecular weight is 259 g/mol. The summed E-state index contributed by atoms with van der Waals surface area (Å²) in [7, 11) is 0. The van der Waals surface area contributed by atoms with Crippen molar-refractivity contribution in [2.45, 2.75) is 33.6 Å². The smallest absolute Gasteiger partial charge is 0.303 e. The summed E-state index contributed by atoms with van der Waals surface area (Å²) in [6, 6.07) is 4.20. The molecule has 2 rings (SSSR count). The Bertz CT molecular complexity index is 591. The zero-order chi connectivity index (χ0) is 14.0. The first-order valence-corrected chi connectivity index (χ1v) is 6.22. The van der Waals surface area contributed by atoms with Crippen LogP contribution in [0.25, 0.3) is 11.3 Å². The Kier molecular flexibility index (Phi) is 3.69. The first-order valence-electron chi connectivity index (χ1n) is 6.22. The lowest BCUT2D eigenvalue weighted by Gasteiger charge is -2.08. The van der Waals surface area contributed by atoms with Gasteiger partial charge in [0.25, 0.3) is 0 Å². The van der Waals surface area contributed by atoms with E-state index in [1.165, 1.54) is 5.56 Å². The molecule has 1 N–H and O–H groups in total. The Morgan fingerprint density at radius 1 is 1.26 bits per heavy atom. The van der Waals surface area contributed by atoms with Crippen molar-refractivity contribution < 1.29 is 14.3 Å². The van der Waals surface area contributed by atoms with Gasteiger partial charge >= 0.3 is 5.97 Å². The van der Waals surface area contributed by atoms with Gasteiger partial charge in [0.15, 0.2) is 11.7 Å². The van der Waals surface area contributed by atoms with Gasteiger partial charge in [-0.3, -0.25) is 4.79 Å². The molecule has 100 valence electrons. The number of aliphatic carboxylic acids is 1. The highest BCUT2D eigenvalue weighted by Crippen LogP contribution is 2.29. The predicted molar refractivity (Wildman–Crippen MR) is 72.1 cm³/mol. The van der Waals surface area contributed by atoms with Crippen molar-refractivity contribution in [3.63, 3.8) is 0 Å². The van der Waals surface area contributed by atoms with Gasteiger partial charge in [0.05, 0.1) is 12.6 Å². The van der Waals surface area contributed by atoms with E-state index in [-0.39, 0.29) is 6.42 Å². The molecule has 2 aromatic rings. The summed E-state index contributed by atoms with van der Waals surface area (Å²) in [6.07, 6.45) is 2.02. The SMILES string of the molecule is Cc1cc(C)c(-c2cnc(CCC(=O)O)o2)c(C)c1. The molecule has 19 heavy (non-hydrogen) atoms. The molecule has 0 aliphatic carbocycles. The zero-order valence-corrected chi connectivity index (χ0v) is 11.4. The first kappa shape index (κ1) is 13.3. The summed E-state index contributed by atoms with van der Waals surface area (Å²) >= 11 is 0. The van der Waals surface area contributed by atoms with Crippen LogP contribution < -0.4 is 0 Å². The quantitative estimate of drug-likeness (QED) is 0.915. The van der Waals surface area contributed by atoms with Crippen LogP contribution in [0.2, 0.25) is 0 Å². The molecule has 0 bridgehead atoms. The lowest BCUT2D eigenvalue weighted by molar-refractivity contribution is -0.137. The van der Waals surface area contributed by atoms with Crippen LogP contribution in [0.3, 0.4) is 0 Å². The van der Waals surface area contributed by atoms with Crippen LogP contribution in [0, 0.1) is 20.8 Å². The maximum Gasteiger partial charge on any atom is 0.303 e. The van der Waals surface area contributed by atoms with Crippen LogP contribution in [0.4, 0.5) is 0 Å². The van der Waals surface area contributed by atoms with Gasteiger partial charge in [-0.25, -0.2) is 4.98 Å². The number of benzene rings is 1. The van der Waals surface area contributed by atoms with Crippen LogP contribution in [-0.2, 0) is 11.2 Å². The van der Waals surface area contributed by atoms with Gasteiger partial charge in [-0.05, 0) is 31.9 Å². The van der Waals surface area contributed by atoms with Gasteiger partial charge in [0.2, 0.25) is 0 Å². The lowest BCUT2D eigenvalue weighted by Crippen LogP contribution is -1.97. The topological polar surface area (TPSA) is 63.3 Å². The van der Waals surface area contributed by atoms with Crippen molar-refractivity contribution in [2.24, 2.45) is 0 Å². The summed E-state index contributed by atoms with van der Waals surface area (Å²) in [4.78, 5) is 14.7. The predicted octanol–water partition coefficient (Wildman–Crippen LogP) is 3.28. The second kappa shape index (κ2) is 5.26. The van der Waals surface area contributed by atoms with Gasteiger partial charge in [-0.15, -0.1) is 0 Å². The van der Waals surface area contributed by atoms with Gasteiger partial charge in [-0.1, -0.05) is 17.7 Å². The fraction of sp³-hybridized carbons (Fsp3) is 0.333. The number of carboxylic acid groups (broad SMARTS) is 1. The largest absolute Gasteiger partial charge is 0.481 e. The van der Waals surface area contributed by atoms with Gasteiger partial charge < -0.3 is 9.52 Å². The number of rotatable bonds is 4. The third-order valence-electron chi connectivity index (χ3n) is 3.03. The fourth-order valence-electron chi connectivity index (χ4n) is 2.32. The van der Waals surface area contributed by atoms with E-state index in [0.29, 0.717) is 18.1 Å². The van der Waals surface area contributed by atoms with Crippen LogP contribution in [-0.4, -0.2) is 16.1 Å². The molecule has 4 nitrogen and oxygen atoms in total. The van der Waals surface area contributed by atoms with Crippen LogP contribution in [0.15, 0.2) is 22.7 Å². The van der Waals surface area contributed by atoms with Crippen LogP contribution in [0.1, 0.15) is 29.0 Å². The highest BCUT2D eigenvalue weighted by molar-refractivity contribution is 5.67. The third-order valence-corrected chi connectivity index (χ3v) is 3.03. The van der Waals surface area contributed by atoms with Gasteiger partial charge in [0.1, 0.15) is 0 Å². The molecule has 1 heterocycles. The monoisotopic (exact) mass is 259 g/mol. The van der Waals surface area contributed by atoms with E-state index in [9.17, 15) is 4.79 Å². The molecule has 0 amide bonds. The standard InChI is InChI=1S/C15H17NO3/c1-9-6-10(2)15(11(3)7-9)12-8-16-13(19-12)4-5-14(17)18/h6-8H,4-5H2,1-3H3,(H,17,18). The number of carboxylic acids is 1. The molecule has 0 aliphatic heterocycles. The van der Waals surface area contributed by atoms with Crippen molar-refractivity contribution in [1.29, 1.82) is 0 Å². The van der Waals surface area contributed by atoms with Crippen molar-refractivity contribution in [1.82, 2.24) is 4.98 Å². The Balaban J connectivity index is 2.30. The summed E-state index contributed by atoms with van der Waals surface area (Å²) in [5.74, 6) is 0.328. The van der Waals surface area contributed by atoms with Crippen LogP contribution in [0.5, 0.6) is 0 Å². The van der Waals surface area contributed by atoms with Crippen LogP contribution >= 0.6 is 0 Å². The molecule has 0 aliphatic rings. The molecule has 0 saturated carbocycles. The van der Waals surface area contributed by atoms with Crippen molar-refractivity contribution >= 4 is 5.97 Å². The number of aromatic nitrogens is 1. The minimum atomic E-state index is -0.845. The second-order valence-corrected chi connectivity index (χ2v) is 4.79. The molecule has 0 unspecified atom stereocenters. The molecule has 1 aromatic carbocycles. The molecule has 0 atom stereocenters. The molecule has 0 saturated heterocycles. The Morgan fingerprint density at radius 2 is 1.89 bits per heavy atom. The number of hydrogen-bond donors (Lipinski definition) is 1. The van der Waals surface area contributed by atoms with E-state index in [0.717, 1.165) is 16.7 Å². The van der Waals surface area contributed by atoms with E-state index in [1.807, 2.05) is 13.8 Å². The van der Waals surface area contributed by atoms with Gasteiger partial charge in [-0.2, -0.15) is 0 Å². The Hall–Kier alpha value is -2.10. The summed E-state index contributed by atoms with van der Waals surface area (Å²) in [5.41, 5.74) is 4.53. The molecular weight excluding hydrogens is 242 g/mol. The number of nitrogens with zero attached hydrogens (tertiary/aromatic N) is 1. The molecule has 1 aromatic heterocycles. The molecule has 0 radical (unpaired) electrons. The second-order valence-electron chi connectivity index (χ2n) is 4.79. The first-order chi connectivity index (χ1) is 8.97. The number of carbonyl (C=O) groups is 1.